The molecule has 12 heavy (non-hydrogen) atoms. The van der Waals surface area contributed by atoms with Crippen molar-refractivity contribution in [3.8, 4) is 0 Å². The minimum Gasteiger partial charge on any atom is -0.368 e. The fraction of sp³-hybridized carbons (Fsp3) is 0.875. The minimum atomic E-state index is 0.406. The molecule has 0 aromatic heterocycles. The van der Waals surface area contributed by atoms with E-state index in [4.69, 9.17) is 4.74 Å². The molecule has 0 amide bonds. The van der Waals surface area contributed by atoms with E-state index < -0.39 is 0 Å². The maximum Gasteiger partial charge on any atom is 0.293 e. The van der Waals surface area contributed by atoms with Gasteiger partial charge in [-0.3, -0.25) is 0 Å². The van der Waals surface area contributed by atoms with Gasteiger partial charge in [-0.1, -0.05) is 6.92 Å². The summed E-state index contributed by atoms with van der Waals surface area (Å²) in [5, 5.41) is 0. The highest BCUT2D eigenvalue weighted by atomic mass is 16.6. The van der Waals surface area contributed by atoms with Crippen molar-refractivity contribution >= 4 is 13.6 Å². The van der Waals surface area contributed by atoms with Crippen LogP contribution in [-0.4, -0.2) is 43.2 Å². The predicted molar refractivity (Wildman–Crippen MR) is 46.6 cm³/mol. The molecule has 0 aromatic carbocycles. The smallest absolute Gasteiger partial charge is 0.293 e. The molecule has 0 N–H and O–H groups in total. The van der Waals surface area contributed by atoms with Gasteiger partial charge in [0.25, 0.3) is 7.41 Å². The normalized spacial score (nSPS) is 40.2. The Hall–Kier alpha value is -0.345. The standard InChI is InChI=1S/C8H13BNO2/c1-2-6-3-7-8(12-7)4-10(6)9-5-11/h5-8H,2-4H2,1H3/t6-,7+,8-/m1/s1. The van der Waals surface area contributed by atoms with E-state index in [1.165, 1.54) is 0 Å². The molecule has 1 radical (unpaired) electrons. The molecule has 65 valence electrons. The Bertz CT molecular complexity index is 188. The second-order valence-corrected chi connectivity index (χ2v) is 3.49. The van der Waals surface area contributed by atoms with E-state index in [1.54, 1.807) is 7.41 Å². The van der Waals surface area contributed by atoms with E-state index in [2.05, 4.69) is 11.7 Å². The molecule has 2 rings (SSSR count). The molecule has 0 saturated carbocycles. The lowest BCUT2D eigenvalue weighted by molar-refractivity contribution is 0.280. The number of rotatable bonds is 3. The Kier molecular flexibility index (Phi) is 2.19. The topological polar surface area (TPSA) is 32.8 Å². The first kappa shape index (κ1) is 8.26. The molecule has 2 aliphatic heterocycles. The fourth-order valence-electron chi connectivity index (χ4n) is 1.97. The highest BCUT2D eigenvalue weighted by Crippen LogP contribution is 2.34. The molecule has 2 aliphatic rings. The molecule has 0 unspecified atom stereocenters. The third-order valence-electron chi connectivity index (χ3n) is 2.78. The van der Waals surface area contributed by atoms with Gasteiger partial charge in [0.05, 0.1) is 18.4 Å². The van der Waals surface area contributed by atoms with Crippen molar-refractivity contribution in [3.05, 3.63) is 0 Å². The number of carbonyl (C=O) groups excluding carboxylic acids is 1. The van der Waals surface area contributed by atoms with Crippen LogP contribution in [0.15, 0.2) is 0 Å². The molecule has 0 aliphatic carbocycles. The monoisotopic (exact) mass is 166 g/mol. The van der Waals surface area contributed by atoms with Crippen molar-refractivity contribution in [1.82, 2.24) is 4.81 Å². The van der Waals surface area contributed by atoms with Crippen molar-refractivity contribution < 1.29 is 9.53 Å². The number of fused-ring (bicyclic) bond motifs is 1. The van der Waals surface area contributed by atoms with Crippen molar-refractivity contribution in [2.45, 2.75) is 38.0 Å². The van der Waals surface area contributed by atoms with Gasteiger partial charge in [-0.05, 0) is 12.8 Å². The second-order valence-electron chi connectivity index (χ2n) is 3.49. The quantitative estimate of drug-likeness (QED) is 0.337. The summed E-state index contributed by atoms with van der Waals surface area (Å²) in [6.07, 6.45) is 3.95. The molecule has 0 aromatic rings. The number of hydrogen-bond donors (Lipinski definition) is 0. The largest absolute Gasteiger partial charge is 0.368 e. The molecular formula is C8H13BNO2. The number of epoxide rings is 1. The van der Waals surface area contributed by atoms with E-state index in [-0.39, 0.29) is 0 Å². The van der Waals surface area contributed by atoms with Crippen LogP contribution >= 0.6 is 0 Å². The number of ether oxygens (including phenoxy) is 1. The molecule has 0 spiro atoms. The Labute approximate surface area is 73.3 Å². The zero-order valence-corrected chi connectivity index (χ0v) is 7.27. The van der Waals surface area contributed by atoms with Crippen LogP contribution in [0.2, 0.25) is 0 Å². The van der Waals surface area contributed by atoms with Crippen LogP contribution in [-0.2, 0) is 9.53 Å². The van der Waals surface area contributed by atoms with Gasteiger partial charge in [-0.2, -0.15) is 0 Å². The molecule has 2 heterocycles. The van der Waals surface area contributed by atoms with Crippen LogP contribution in [0.3, 0.4) is 0 Å². The van der Waals surface area contributed by atoms with Crippen LogP contribution in [0.5, 0.6) is 0 Å². The summed E-state index contributed by atoms with van der Waals surface area (Å²) in [6, 6.07) is 0.513. The first-order chi connectivity index (χ1) is 5.85. The van der Waals surface area contributed by atoms with Gasteiger partial charge in [0, 0.05) is 12.6 Å². The van der Waals surface area contributed by atoms with E-state index in [0.717, 1.165) is 25.6 Å². The zero-order valence-electron chi connectivity index (χ0n) is 7.27. The SMILES string of the molecule is CC[C@@H]1C[C@@H]2O[C@@H]2CN1[B]C=O. The molecular weight excluding hydrogens is 153 g/mol. The Morgan fingerprint density at radius 1 is 1.67 bits per heavy atom. The average molecular weight is 166 g/mol. The van der Waals surface area contributed by atoms with E-state index in [1.807, 2.05) is 0 Å². The van der Waals surface area contributed by atoms with Crippen LogP contribution in [0.25, 0.3) is 0 Å². The van der Waals surface area contributed by atoms with Crippen LogP contribution < -0.4 is 0 Å². The summed E-state index contributed by atoms with van der Waals surface area (Å²) in [4.78, 5) is 12.4. The Balaban J connectivity index is 1.93. The minimum absolute atomic E-state index is 0.406. The lowest BCUT2D eigenvalue weighted by Crippen LogP contribution is -2.45. The summed E-state index contributed by atoms with van der Waals surface area (Å²) in [6.45, 7) is 3.06. The van der Waals surface area contributed by atoms with Gasteiger partial charge in [-0.25, -0.2) is 0 Å². The Morgan fingerprint density at radius 2 is 2.50 bits per heavy atom. The highest BCUT2D eigenvalue weighted by Gasteiger charge is 2.46. The van der Waals surface area contributed by atoms with E-state index >= 15 is 0 Å². The summed E-state index contributed by atoms with van der Waals surface area (Å²) in [7, 11) is 1.64. The van der Waals surface area contributed by atoms with Crippen molar-refractivity contribution in [3.63, 3.8) is 0 Å². The van der Waals surface area contributed by atoms with Crippen molar-refractivity contribution in [2.75, 3.05) is 6.54 Å². The predicted octanol–water partition coefficient (Wildman–Crippen LogP) is 0.0475. The lowest BCUT2D eigenvalue weighted by Gasteiger charge is -2.31. The molecule has 2 saturated heterocycles. The van der Waals surface area contributed by atoms with E-state index in [0.29, 0.717) is 18.2 Å². The molecule has 2 fully saturated rings. The maximum atomic E-state index is 10.3. The first-order valence-corrected chi connectivity index (χ1v) is 4.55. The van der Waals surface area contributed by atoms with E-state index in [9.17, 15) is 4.79 Å². The van der Waals surface area contributed by atoms with Gasteiger partial charge in [-0.15, -0.1) is 0 Å². The average Bonchev–Trinajstić information content (AvgIpc) is 2.81. The van der Waals surface area contributed by atoms with Crippen molar-refractivity contribution in [1.29, 1.82) is 0 Å². The number of hydrogen-bond acceptors (Lipinski definition) is 3. The number of carbonyl (C=O) groups is 1. The number of piperidine rings is 1. The van der Waals surface area contributed by atoms with Gasteiger partial charge >= 0.3 is 0 Å². The summed E-state index contributed by atoms with van der Waals surface area (Å²) < 4.78 is 5.41. The summed E-state index contributed by atoms with van der Waals surface area (Å²) in [5.74, 6) is 0. The summed E-state index contributed by atoms with van der Waals surface area (Å²) in [5.41, 5.74) is 0. The molecule has 3 atom stereocenters. The van der Waals surface area contributed by atoms with Gasteiger partial charge < -0.3 is 14.3 Å². The second kappa shape index (κ2) is 3.19. The van der Waals surface area contributed by atoms with Crippen molar-refractivity contribution in [2.24, 2.45) is 0 Å². The number of nitrogens with zero attached hydrogens (tertiary/aromatic N) is 1. The van der Waals surface area contributed by atoms with Crippen LogP contribution in [0.4, 0.5) is 0 Å². The molecule has 0 bridgehead atoms. The van der Waals surface area contributed by atoms with Crippen LogP contribution in [0, 0.1) is 0 Å². The lowest BCUT2D eigenvalue weighted by atomic mass is 9.86. The van der Waals surface area contributed by atoms with Gasteiger partial charge in [0.1, 0.15) is 0 Å². The maximum absolute atomic E-state index is 10.3. The molecule has 4 heteroatoms. The fourth-order valence-corrected chi connectivity index (χ4v) is 1.97. The Morgan fingerprint density at radius 3 is 3.17 bits per heavy atom. The highest BCUT2D eigenvalue weighted by molar-refractivity contribution is 6.64. The van der Waals surface area contributed by atoms with Crippen LogP contribution in [0.1, 0.15) is 19.8 Å². The van der Waals surface area contributed by atoms with Gasteiger partial charge in [0.2, 0.25) is 0 Å². The summed E-state index contributed by atoms with van der Waals surface area (Å²) >= 11 is 0. The third-order valence-corrected chi connectivity index (χ3v) is 2.78. The third kappa shape index (κ3) is 1.41. The zero-order chi connectivity index (χ0) is 8.55. The van der Waals surface area contributed by atoms with Gasteiger partial charge in [0.15, 0.2) is 0 Å². The first-order valence-electron chi connectivity index (χ1n) is 4.55. The molecule has 3 nitrogen and oxygen atoms in total.